The first-order valence-electron chi connectivity index (χ1n) is 14.8. The van der Waals surface area contributed by atoms with Gasteiger partial charge in [-0.05, 0) is 97.7 Å². The van der Waals surface area contributed by atoms with Crippen LogP contribution in [0.3, 0.4) is 0 Å². The Bertz CT molecular complexity index is 1480. The molecule has 0 saturated heterocycles. The summed E-state index contributed by atoms with van der Waals surface area (Å²) in [7, 11) is -3.80. The summed E-state index contributed by atoms with van der Waals surface area (Å²) in [6.45, 7) is 11.4. The van der Waals surface area contributed by atoms with Gasteiger partial charge < -0.3 is 14.7 Å². The van der Waals surface area contributed by atoms with Crippen molar-refractivity contribution in [3.63, 3.8) is 0 Å². The highest BCUT2D eigenvalue weighted by Crippen LogP contribution is 2.52. The largest absolute Gasteiger partial charge is 0.490 e. The van der Waals surface area contributed by atoms with E-state index >= 15 is 0 Å². The van der Waals surface area contributed by atoms with Crippen LogP contribution in [0.2, 0.25) is 5.02 Å². The van der Waals surface area contributed by atoms with Crippen LogP contribution in [0.15, 0.2) is 61.7 Å². The van der Waals surface area contributed by atoms with Gasteiger partial charge in [0.15, 0.2) is 0 Å². The van der Waals surface area contributed by atoms with Gasteiger partial charge in [-0.3, -0.25) is 4.79 Å². The summed E-state index contributed by atoms with van der Waals surface area (Å²) in [5.74, 6) is 0.00211. The maximum absolute atomic E-state index is 13.1. The normalized spacial score (nSPS) is 25.7. The highest BCUT2D eigenvalue weighted by atomic mass is 35.5. The summed E-state index contributed by atoms with van der Waals surface area (Å²) in [6.07, 6.45) is 8.42. The lowest BCUT2D eigenvalue weighted by atomic mass is 9.57. The van der Waals surface area contributed by atoms with Gasteiger partial charge in [0.25, 0.3) is 5.91 Å². The zero-order valence-corrected chi connectivity index (χ0v) is 25.9. The number of hydrogen-bond acceptors (Lipinski definition) is 6. The Balaban J connectivity index is 1.52. The topological polar surface area (TPSA) is 95.9 Å². The number of anilines is 1. The third-order valence-corrected chi connectivity index (χ3v) is 11.2. The maximum Gasteiger partial charge on any atom is 0.264 e. The lowest BCUT2D eigenvalue weighted by Gasteiger charge is -2.52. The summed E-state index contributed by atoms with van der Waals surface area (Å²) in [4.78, 5) is 15.4. The van der Waals surface area contributed by atoms with Crippen molar-refractivity contribution in [1.82, 2.24) is 4.72 Å². The summed E-state index contributed by atoms with van der Waals surface area (Å²) in [6, 6.07) is 11.3. The van der Waals surface area contributed by atoms with Crippen LogP contribution < -0.4 is 14.4 Å². The van der Waals surface area contributed by atoms with Gasteiger partial charge in [0.2, 0.25) is 10.0 Å². The number of carbonyl (C=O) groups excluding carboxylic acids is 1. The standard InChI is InChI=1S/C33H41ClN2O5S/c1-4-6-17-42(39,40)35-31(38)24-10-13-29-28(19-24)36(20-25-14-16-32(25,3)30(37)8-5-2)21-33(22-41-29)15-7-9-23-18-26(34)11-12-27(23)33/h4-5,10-13,18-19,25,30,37H,1-2,6-9,14-17,20-22H2,3H3,(H,35,38)/t25-,30+,32+,33+/m1/s1. The van der Waals surface area contributed by atoms with Crippen LogP contribution in [0.1, 0.15) is 66.9 Å². The molecule has 1 fully saturated rings. The Hall–Kier alpha value is -2.81. The molecule has 2 aliphatic carbocycles. The van der Waals surface area contributed by atoms with Gasteiger partial charge in [0.05, 0.1) is 24.2 Å². The molecule has 5 rings (SSSR count). The number of fused-ring (bicyclic) bond motifs is 3. The first kappa shape index (κ1) is 30.6. The number of carbonyl (C=O) groups is 1. The van der Waals surface area contributed by atoms with Gasteiger partial charge in [-0.1, -0.05) is 36.7 Å². The first-order chi connectivity index (χ1) is 20.0. The molecule has 7 nitrogen and oxygen atoms in total. The molecule has 2 aromatic carbocycles. The van der Waals surface area contributed by atoms with E-state index in [1.807, 2.05) is 6.07 Å². The zero-order chi connectivity index (χ0) is 30.1. The molecule has 9 heteroatoms. The number of allylic oxidation sites excluding steroid dienone is 1. The number of nitrogens with one attached hydrogen (secondary N) is 1. The molecule has 2 aromatic rings. The monoisotopic (exact) mass is 612 g/mol. The number of aliphatic hydroxyl groups is 1. The van der Waals surface area contributed by atoms with Crippen molar-refractivity contribution >= 4 is 33.2 Å². The second-order valence-electron chi connectivity index (χ2n) is 12.4. The van der Waals surface area contributed by atoms with Crippen LogP contribution in [-0.2, 0) is 21.9 Å². The van der Waals surface area contributed by atoms with Crippen LogP contribution in [0.5, 0.6) is 5.75 Å². The predicted octanol–water partition coefficient (Wildman–Crippen LogP) is 5.80. The molecule has 1 saturated carbocycles. The molecule has 1 spiro atoms. The lowest BCUT2D eigenvalue weighted by molar-refractivity contribution is -0.0695. The maximum atomic E-state index is 13.1. The van der Waals surface area contributed by atoms with Gasteiger partial charge in [0.1, 0.15) is 5.75 Å². The number of benzene rings is 2. The molecule has 2 N–H and O–H groups in total. The zero-order valence-electron chi connectivity index (χ0n) is 24.3. The lowest BCUT2D eigenvalue weighted by Crippen LogP contribution is -2.53. The van der Waals surface area contributed by atoms with E-state index in [0.717, 1.165) is 42.8 Å². The average molecular weight is 613 g/mol. The Kier molecular flexibility index (Phi) is 8.80. The number of rotatable bonds is 10. The third-order valence-electron chi connectivity index (χ3n) is 9.69. The number of sulfonamides is 1. The van der Waals surface area contributed by atoms with Crippen molar-refractivity contribution in [1.29, 1.82) is 0 Å². The SMILES string of the molecule is C=CCCS(=O)(=O)NC(=O)c1ccc2c(c1)N(C[C@H]1CC[C@]1(C)[C@@H](O)CC=C)C[C@@]1(CCCc3cc(Cl)ccc31)CO2. The second kappa shape index (κ2) is 12.1. The summed E-state index contributed by atoms with van der Waals surface area (Å²) in [5.41, 5.74) is 2.96. The number of nitrogens with zero attached hydrogens (tertiary/aromatic N) is 1. The quantitative estimate of drug-likeness (QED) is 0.329. The average Bonchev–Trinajstić information content (AvgIpc) is 3.10. The van der Waals surface area contributed by atoms with E-state index in [1.165, 1.54) is 17.2 Å². The Morgan fingerprint density at radius 3 is 2.76 bits per heavy atom. The van der Waals surface area contributed by atoms with Crippen molar-refractivity contribution in [3.8, 4) is 5.75 Å². The molecular weight excluding hydrogens is 572 g/mol. The molecule has 0 bridgehead atoms. The van der Waals surface area contributed by atoms with Crippen LogP contribution in [0, 0.1) is 11.3 Å². The highest BCUT2D eigenvalue weighted by Gasteiger charge is 2.49. The Labute approximate surface area is 254 Å². The van der Waals surface area contributed by atoms with Crippen LogP contribution in [0.4, 0.5) is 5.69 Å². The number of amides is 1. The minimum atomic E-state index is -3.80. The van der Waals surface area contributed by atoms with Crippen LogP contribution >= 0.6 is 11.6 Å². The number of ether oxygens (including phenoxy) is 1. The van der Waals surface area contributed by atoms with Crippen molar-refractivity contribution in [2.45, 2.75) is 63.4 Å². The number of aryl methyl sites for hydroxylation is 1. The van der Waals surface area contributed by atoms with E-state index in [0.29, 0.717) is 31.9 Å². The molecule has 0 aromatic heterocycles. The van der Waals surface area contributed by atoms with E-state index in [9.17, 15) is 18.3 Å². The molecule has 226 valence electrons. The van der Waals surface area contributed by atoms with Gasteiger partial charge in [0, 0.05) is 29.1 Å². The predicted molar refractivity (Wildman–Crippen MR) is 168 cm³/mol. The molecule has 4 atom stereocenters. The van der Waals surface area contributed by atoms with Gasteiger partial charge in [-0.2, -0.15) is 0 Å². The fraction of sp³-hybridized carbons (Fsp3) is 0.485. The molecule has 1 amide bonds. The smallest absolute Gasteiger partial charge is 0.264 e. The molecule has 3 aliphatic rings. The summed E-state index contributed by atoms with van der Waals surface area (Å²) < 4.78 is 33.6. The number of hydrogen-bond donors (Lipinski definition) is 2. The molecule has 42 heavy (non-hydrogen) atoms. The van der Waals surface area contributed by atoms with Gasteiger partial charge >= 0.3 is 0 Å². The molecule has 1 aliphatic heterocycles. The van der Waals surface area contributed by atoms with Crippen molar-refractivity contribution in [3.05, 3.63) is 83.4 Å². The Morgan fingerprint density at radius 2 is 2.05 bits per heavy atom. The molecule has 0 radical (unpaired) electrons. The van der Waals surface area contributed by atoms with Crippen molar-refractivity contribution in [2.75, 3.05) is 30.3 Å². The third kappa shape index (κ3) is 5.99. The highest BCUT2D eigenvalue weighted by molar-refractivity contribution is 7.90. The van der Waals surface area contributed by atoms with E-state index in [-0.39, 0.29) is 34.5 Å². The van der Waals surface area contributed by atoms with Gasteiger partial charge in [-0.15, -0.1) is 13.2 Å². The van der Waals surface area contributed by atoms with E-state index in [2.05, 4.69) is 41.8 Å². The first-order valence-corrected chi connectivity index (χ1v) is 16.8. The number of halogens is 1. The summed E-state index contributed by atoms with van der Waals surface area (Å²) >= 11 is 6.38. The van der Waals surface area contributed by atoms with Crippen molar-refractivity contribution in [2.24, 2.45) is 11.3 Å². The molecule has 0 unspecified atom stereocenters. The fourth-order valence-corrected chi connectivity index (χ4v) is 8.15. The minimum Gasteiger partial charge on any atom is -0.490 e. The fourth-order valence-electron chi connectivity index (χ4n) is 6.98. The minimum absolute atomic E-state index is 0.207. The van der Waals surface area contributed by atoms with E-state index < -0.39 is 22.0 Å². The van der Waals surface area contributed by atoms with Crippen molar-refractivity contribution < 1.29 is 23.1 Å². The molecular formula is C33H41ClN2O5S. The molecule has 1 heterocycles. The van der Waals surface area contributed by atoms with E-state index in [4.69, 9.17) is 16.3 Å². The van der Waals surface area contributed by atoms with Crippen LogP contribution in [-0.4, -0.2) is 51.0 Å². The summed E-state index contributed by atoms with van der Waals surface area (Å²) in [5, 5.41) is 11.7. The second-order valence-corrected chi connectivity index (χ2v) is 14.7. The van der Waals surface area contributed by atoms with Crippen LogP contribution in [0.25, 0.3) is 0 Å². The number of aliphatic hydroxyl groups excluding tert-OH is 1. The van der Waals surface area contributed by atoms with Gasteiger partial charge in [-0.25, -0.2) is 13.1 Å². The van der Waals surface area contributed by atoms with E-state index in [1.54, 1.807) is 24.3 Å². The Morgan fingerprint density at radius 1 is 1.24 bits per heavy atom.